The SMILES string of the molecule is CC(C)=CCc1oc2cc(O[C@@H]3OC(CO)[C@@H](O)C(O)C3O)c(CC=C(C)C)c(O)c2c(=O)c1-c1ccc(O)cc1. The zero-order valence-corrected chi connectivity index (χ0v) is 23.4. The second-order valence-electron chi connectivity index (χ2n) is 10.6. The van der Waals surface area contributed by atoms with Crippen molar-refractivity contribution in [3.8, 4) is 28.4 Å². The molecule has 10 heteroatoms. The van der Waals surface area contributed by atoms with E-state index < -0.39 is 42.7 Å². The first-order valence-corrected chi connectivity index (χ1v) is 13.3. The average molecular weight is 569 g/mol. The topological polar surface area (TPSA) is 170 Å². The van der Waals surface area contributed by atoms with E-state index in [1.54, 1.807) is 12.1 Å². The molecule has 220 valence electrons. The summed E-state index contributed by atoms with van der Waals surface area (Å²) in [7, 11) is 0. The van der Waals surface area contributed by atoms with Crippen LogP contribution in [0.2, 0.25) is 0 Å². The van der Waals surface area contributed by atoms with Gasteiger partial charge in [-0.25, -0.2) is 0 Å². The monoisotopic (exact) mass is 568 g/mol. The molecule has 3 aromatic rings. The Kier molecular flexibility index (Phi) is 9.21. The first-order chi connectivity index (χ1) is 19.4. The lowest BCUT2D eigenvalue weighted by Crippen LogP contribution is -2.60. The van der Waals surface area contributed by atoms with Crippen molar-refractivity contribution < 1.29 is 44.5 Å². The lowest BCUT2D eigenvalue weighted by Gasteiger charge is -2.39. The number of benzene rings is 2. The van der Waals surface area contributed by atoms with E-state index in [1.807, 2.05) is 39.8 Å². The van der Waals surface area contributed by atoms with Crippen LogP contribution in [-0.2, 0) is 17.6 Å². The number of aromatic hydroxyl groups is 2. The fourth-order valence-electron chi connectivity index (χ4n) is 4.66. The Bertz CT molecular complexity index is 1510. The normalized spacial score (nSPS) is 22.4. The summed E-state index contributed by atoms with van der Waals surface area (Å²) >= 11 is 0. The summed E-state index contributed by atoms with van der Waals surface area (Å²) in [5.41, 5.74) is 2.41. The number of phenols is 2. The third kappa shape index (κ3) is 6.32. The summed E-state index contributed by atoms with van der Waals surface area (Å²) in [4.78, 5) is 14.0. The van der Waals surface area contributed by atoms with Crippen LogP contribution in [0.5, 0.6) is 17.2 Å². The molecule has 1 aliphatic heterocycles. The molecule has 0 aliphatic carbocycles. The number of rotatable bonds is 8. The van der Waals surface area contributed by atoms with Gasteiger partial charge in [0.15, 0.2) is 0 Å². The Morgan fingerprint density at radius 3 is 2.17 bits per heavy atom. The minimum absolute atomic E-state index is 0.0190. The molecule has 1 fully saturated rings. The zero-order chi connectivity index (χ0) is 30.0. The van der Waals surface area contributed by atoms with Crippen molar-refractivity contribution in [1.82, 2.24) is 0 Å². The van der Waals surface area contributed by atoms with E-state index in [9.17, 15) is 35.4 Å². The summed E-state index contributed by atoms with van der Waals surface area (Å²) in [6, 6.07) is 7.52. The van der Waals surface area contributed by atoms with Gasteiger partial charge < -0.3 is 44.5 Å². The van der Waals surface area contributed by atoms with Gasteiger partial charge in [0.05, 0.1) is 12.2 Å². The maximum Gasteiger partial charge on any atom is 0.229 e. The number of fused-ring (bicyclic) bond motifs is 1. The molecule has 0 spiro atoms. The van der Waals surface area contributed by atoms with Crippen molar-refractivity contribution in [2.45, 2.75) is 71.2 Å². The highest BCUT2D eigenvalue weighted by molar-refractivity contribution is 5.90. The molecule has 0 bridgehead atoms. The molecule has 0 saturated carbocycles. The van der Waals surface area contributed by atoms with Gasteiger partial charge in [0.2, 0.25) is 11.7 Å². The van der Waals surface area contributed by atoms with Crippen LogP contribution in [0, 0.1) is 0 Å². The van der Waals surface area contributed by atoms with Crippen LogP contribution in [0.25, 0.3) is 22.1 Å². The number of hydrogen-bond acceptors (Lipinski definition) is 10. The van der Waals surface area contributed by atoms with Crippen molar-refractivity contribution in [1.29, 1.82) is 0 Å². The molecule has 0 radical (unpaired) electrons. The number of aliphatic hydroxyl groups excluding tert-OH is 4. The second-order valence-corrected chi connectivity index (χ2v) is 10.6. The fraction of sp³-hybridized carbons (Fsp3) is 0.387. The molecule has 1 aliphatic rings. The first kappa shape index (κ1) is 30.3. The Balaban J connectivity index is 1.94. The predicted molar refractivity (Wildman–Crippen MR) is 152 cm³/mol. The van der Waals surface area contributed by atoms with E-state index in [0.29, 0.717) is 11.3 Å². The van der Waals surface area contributed by atoms with Crippen LogP contribution in [-0.4, -0.2) is 68.0 Å². The molecule has 4 rings (SSSR count). The zero-order valence-electron chi connectivity index (χ0n) is 23.4. The third-order valence-corrected chi connectivity index (χ3v) is 6.95. The summed E-state index contributed by atoms with van der Waals surface area (Å²) in [5, 5.41) is 61.7. The maximum atomic E-state index is 14.0. The van der Waals surface area contributed by atoms with Crippen molar-refractivity contribution in [2.24, 2.45) is 0 Å². The van der Waals surface area contributed by atoms with Crippen molar-refractivity contribution >= 4 is 11.0 Å². The Morgan fingerprint density at radius 1 is 0.927 bits per heavy atom. The van der Waals surface area contributed by atoms with E-state index in [2.05, 4.69) is 0 Å². The second kappa shape index (κ2) is 12.5. The minimum Gasteiger partial charge on any atom is -0.508 e. The van der Waals surface area contributed by atoms with Crippen LogP contribution < -0.4 is 10.2 Å². The molecule has 3 unspecified atom stereocenters. The van der Waals surface area contributed by atoms with Gasteiger partial charge >= 0.3 is 0 Å². The third-order valence-electron chi connectivity index (χ3n) is 6.95. The molecule has 0 amide bonds. The smallest absolute Gasteiger partial charge is 0.229 e. The van der Waals surface area contributed by atoms with Crippen molar-refractivity contribution in [2.75, 3.05) is 6.61 Å². The van der Waals surface area contributed by atoms with E-state index in [0.717, 1.165) is 11.1 Å². The van der Waals surface area contributed by atoms with Crippen LogP contribution in [0.4, 0.5) is 0 Å². The van der Waals surface area contributed by atoms with E-state index >= 15 is 0 Å². The Hall–Kier alpha value is -3.67. The van der Waals surface area contributed by atoms with E-state index in [4.69, 9.17) is 13.9 Å². The standard InChI is InChI=1S/C31H36O10/c1-15(2)5-11-19-21(40-31-30(38)29(37)27(35)23(14-32)41-31)13-22-25(26(19)34)28(36)24(17-7-9-18(33)10-8-17)20(39-22)12-6-16(3)4/h5-10,13,23,27,29-35,37-38H,11-12,14H2,1-4H3/t23?,27-,29?,30?,31-/m1/s1. The van der Waals surface area contributed by atoms with Crippen LogP contribution in [0.15, 0.2) is 62.8 Å². The molecule has 1 aromatic heterocycles. The maximum absolute atomic E-state index is 14.0. The van der Waals surface area contributed by atoms with Crippen molar-refractivity contribution in [3.05, 3.63) is 75.2 Å². The van der Waals surface area contributed by atoms with Crippen LogP contribution in [0.3, 0.4) is 0 Å². The highest BCUT2D eigenvalue weighted by Crippen LogP contribution is 2.39. The summed E-state index contributed by atoms with van der Waals surface area (Å²) in [5.74, 6) is -0.0103. The summed E-state index contributed by atoms with van der Waals surface area (Å²) in [6.07, 6.45) is -3.51. The fourth-order valence-corrected chi connectivity index (χ4v) is 4.66. The van der Waals surface area contributed by atoms with Gasteiger partial charge in [-0.15, -0.1) is 0 Å². The lowest BCUT2D eigenvalue weighted by molar-refractivity contribution is -0.277. The van der Waals surface area contributed by atoms with Gasteiger partial charge in [-0.1, -0.05) is 35.4 Å². The number of aliphatic hydroxyl groups is 4. The van der Waals surface area contributed by atoms with Gasteiger partial charge in [-0.05, 0) is 51.8 Å². The summed E-state index contributed by atoms with van der Waals surface area (Å²) < 4.78 is 17.7. The van der Waals surface area contributed by atoms with Gasteiger partial charge in [-0.3, -0.25) is 4.79 Å². The number of allylic oxidation sites excluding steroid dienone is 4. The molecule has 1 saturated heterocycles. The predicted octanol–water partition coefficient (Wildman–Crippen LogP) is 3.07. The van der Waals surface area contributed by atoms with Gasteiger partial charge in [0.25, 0.3) is 0 Å². The van der Waals surface area contributed by atoms with E-state index in [-0.39, 0.29) is 52.2 Å². The molecule has 41 heavy (non-hydrogen) atoms. The number of phenolic OH excluding ortho intramolecular Hbond substituents is 2. The molecular weight excluding hydrogens is 532 g/mol. The highest BCUT2D eigenvalue weighted by atomic mass is 16.7. The summed E-state index contributed by atoms with van der Waals surface area (Å²) in [6.45, 7) is 6.91. The van der Waals surface area contributed by atoms with Gasteiger partial charge in [0.1, 0.15) is 58.4 Å². The van der Waals surface area contributed by atoms with E-state index in [1.165, 1.54) is 18.2 Å². The Morgan fingerprint density at radius 2 is 1.56 bits per heavy atom. The molecule has 10 nitrogen and oxygen atoms in total. The number of hydrogen-bond donors (Lipinski definition) is 6. The van der Waals surface area contributed by atoms with Crippen LogP contribution in [0.1, 0.15) is 39.0 Å². The quantitative estimate of drug-likeness (QED) is 0.222. The lowest BCUT2D eigenvalue weighted by atomic mass is 9.97. The van der Waals surface area contributed by atoms with Gasteiger partial charge in [-0.2, -0.15) is 0 Å². The minimum atomic E-state index is -1.68. The van der Waals surface area contributed by atoms with Crippen molar-refractivity contribution in [3.63, 3.8) is 0 Å². The highest BCUT2D eigenvalue weighted by Gasteiger charge is 2.45. The van der Waals surface area contributed by atoms with Gasteiger partial charge in [0, 0.05) is 18.1 Å². The molecule has 6 N–H and O–H groups in total. The molecule has 2 heterocycles. The Labute approximate surface area is 237 Å². The average Bonchev–Trinajstić information content (AvgIpc) is 2.92. The number of ether oxygens (including phenoxy) is 2. The largest absolute Gasteiger partial charge is 0.508 e. The first-order valence-electron chi connectivity index (χ1n) is 13.3. The van der Waals surface area contributed by atoms with Crippen LogP contribution >= 0.6 is 0 Å². The molecular formula is C31H36O10. The molecule has 5 atom stereocenters. The molecule has 2 aromatic carbocycles.